The van der Waals surface area contributed by atoms with Crippen molar-refractivity contribution >= 4 is 6.09 Å². The predicted molar refractivity (Wildman–Crippen MR) is 71.7 cm³/mol. The topological polar surface area (TPSA) is 67.8 Å². The summed E-state index contributed by atoms with van der Waals surface area (Å²) in [5, 5.41) is 11.5. The van der Waals surface area contributed by atoms with Crippen molar-refractivity contribution < 1.29 is 19.7 Å². The van der Waals surface area contributed by atoms with E-state index < -0.39 is 23.8 Å². The van der Waals surface area contributed by atoms with Gasteiger partial charge in [-0.15, -0.1) is 0 Å². The normalized spacial score (nSPS) is 14.6. The van der Waals surface area contributed by atoms with Crippen molar-refractivity contribution in [1.29, 1.82) is 0 Å². The summed E-state index contributed by atoms with van der Waals surface area (Å²) in [6.45, 7) is 7.03. The van der Waals surface area contributed by atoms with Gasteiger partial charge in [-0.1, -0.05) is 30.3 Å². The molecule has 5 heteroatoms. The Morgan fingerprint density at radius 1 is 1.26 bits per heavy atom. The van der Waals surface area contributed by atoms with Crippen LogP contribution in [0.4, 0.5) is 4.79 Å². The van der Waals surface area contributed by atoms with E-state index in [9.17, 15) is 4.79 Å². The fraction of sp³-hybridized carbons (Fsp3) is 0.500. The molecule has 1 aromatic carbocycles. The fourth-order valence-electron chi connectivity index (χ4n) is 1.63. The van der Waals surface area contributed by atoms with Gasteiger partial charge in [0.1, 0.15) is 11.7 Å². The molecule has 1 aromatic rings. The van der Waals surface area contributed by atoms with Crippen LogP contribution in [0.1, 0.15) is 39.3 Å². The van der Waals surface area contributed by atoms with Gasteiger partial charge in [-0.05, 0) is 33.3 Å². The van der Waals surface area contributed by atoms with E-state index in [1.807, 2.05) is 30.3 Å². The van der Waals surface area contributed by atoms with Crippen LogP contribution in [0.3, 0.4) is 0 Å². The lowest BCUT2D eigenvalue weighted by molar-refractivity contribution is -0.280. The average Bonchev–Trinajstić information content (AvgIpc) is 2.34. The third-order valence-corrected chi connectivity index (χ3v) is 2.47. The lowest BCUT2D eigenvalue weighted by Crippen LogP contribution is -2.39. The van der Waals surface area contributed by atoms with E-state index in [1.165, 1.54) is 0 Å². The molecule has 0 aliphatic carbocycles. The maximum Gasteiger partial charge on any atom is 0.408 e. The summed E-state index contributed by atoms with van der Waals surface area (Å²) in [4.78, 5) is 16.1. The first-order valence-corrected chi connectivity index (χ1v) is 6.18. The molecule has 0 saturated carbocycles. The minimum atomic E-state index is -0.588. The summed E-state index contributed by atoms with van der Waals surface area (Å²) in [5.41, 5.74) is 0.254. The third kappa shape index (κ3) is 5.28. The summed E-state index contributed by atoms with van der Waals surface area (Å²) >= 11 is 0. The Labute approximate surface area is 113 Å². The van der Waals surface area contributed by atoms with Gasteiger partial charge in [0.2, 0.25) is 0 Å². The summed E-state index contributed by atoms with van der Waals surface area (Å²) in [6, 6.07) is 8.78. The molecule has 2 atom stereocenters. The van der Waals surface area contributed by atoms with Crippen LogP contribution in [0.25, 0.3) is 0 Å². The van der Waals surface area contributed by atoms with Gasteiger partial charge < -0.3 is 10.1 Å². The van der Waals surface area contributed by atoms with Crippen LogP contribution in [0.15, 0.2) is 30.3 Å². The number of nitrogens with one attached hydrogen (secondary N) is 1. The van der Waals surface area contributed by atoms with Crippen LogP contribution in [-0.4, -0.2) is 23.1 Å². The van der Waals surface area contributed by atoms with E-state index in [-0.39, 0.29) is 0 Å². The second kappa shape index (κ2) is 6.54. The van der Waals surface area contributed by atoms with Gasteiger partial charge in [-0.25, -0.2) is 9.68 Å². The maximum atomic E-state index is 11.8. The summed E-state index contributed by atoms with van der Waals surface area (Å²) in [5.74, 6) is 0. The monoisotopic (exact) mass is 267 g/mol. The molecular weight excluding hydrogens is 246 g/mol. The number of rotatable bonds is 4. The van der Waals surface area contributed by atoms with Gasteiger partial charge in [0, 0.05) is 0 Å². The summed E-state index contributed by atoms with van der Waals surface area (Å²) in [7, 11) is 0. The van der Waals surface area contributed by atoms with Crippen LogP contribution in [-0.2, 0) is 9.62 Å². The fourth-order valence-corrected chi connectivity index (χ4v) is 1.63. The first kappa shape index (κ1) is 15.5. The van der Waals surface area contributed by atoms with Gasteiger partial charge in [-0.3, -0.25) is 5.26 Å². The quantitative estimate of drug-likeness (QED) is 0.649. The zero-order valence-corrected chi connectivity index (χ0v) is 11.7. The van der Waals surface area contributed by atoms with Crippen molar-refractivity contribution in [3.63, 3.8) is 0 Å². The Balaban J connectivity index is 2.80. The highest BCUT2D eigenvalue weighted by molar-refractivity contribution is 5.68. The zero-order chi connectivity index (χ0) is 14.5. The Morgan fingerprint density at radius 2 is 1.84 bits per heavy atom. The molecule has 1 amide bonds. The first-order chi connectivity index (χ1) is 8.83. The second-order valence-corrected chi connectivity index (χ2v) is 5.35. The molecule has 0 aromatic heterocycles. The molecule has 2 unspecified atom stereocenters. The highest BCUT2D eigenvalue weighted by atomic mass is 17.1. The number of ether oxygens (including phenoxy) is 1. The summed E-state index contributed by atoms with van der Waals surface area (Å²) < 4.78 is 5.20. The standard InChI is InChI=1S/C14H21NO4/c1-10(19-17)12(11-8-6-5-7-9-11)15-13(16)18-14(2,3)4/h5-10,12,17H,1-4H3,(H,15,16). The van der Waals surface area contributed by atoms with Crippen LogP contribution < -0.4 is 5.32 Å². The molecule has 0 bridgehead atoms. The molecule has 1 rings (SSSR count). The molecule has 0 heterocycles. The SMILES string of the molecule is CC(OO)C(NC(=O)OC(C)(C)C)c1ccccc1. The van der Waals surface area contributed by atoms with Crippen LogP contribution in [0.2, 0.25) is 0 Å². The van der Waals surface area contributed by atoms with Crippen molar-refractivity contribution in [3.05, 3.63) is 35.9 Å². The molecule has 19 heavy (non-hydrogen) atoms. The number of benzene rings is 1. The summed E-state index contributed by atoms with van der Waals surface area (Å²) in [6.07, 6.45) is -1.14. The molecular formula is C14H21NO4. The molecule has 0 aliphatic heterocycles. The molecule has 5 nitrogen and oxygen atoms in total. The van der Waals surface area contributed by atoms with Crippen LogP contribution in [0, 0.1) is 0 Å². The lowest BCUT2D eigenvalue weighted by Gasteiger charge is -2.26. The van der Waals surface area contributed by atoms with E-state index in [1.54, 1.807) is 27.7 Å². The van der Waals surface area contributed by atoms with Gasteiger partial charge in [0.05, 0.1) is 6.04 Å². The van der Waals surface area contributed by atoms with Gasteiger partial charge in [0.15, 0.2) is 0 Å². The number of amides is 1. The molecule has 0 spiro atoms. The predicted octanol–water partition coefficient (Wildman–Crippen LogP) is 3.13. The van der Waals surface area contributed by atoms with Crippen LogP contribution in [0.5, 0.6) is 0 Å². The Morgan fingerprint density at radius 3 is 2.32 bits per heavy atom. The second-order valence-electron chi connectivity index (χ2n) is 5.35. The van der Waals surface area contributed by atoms with E-state index in [4.69, 9.17) is 9.99 Å². The first-order valence-electron chi connectivity index (χ1n) is 6.18. The zero-order valence-electron chi connectivity index (χ0n) is 11.7. The Bertz CT molecular complexity index is 400. The number of carbonyl (C=O) groups is 1. The van der Waals surface area contributed by atoms with Crippen LogP contribution >= 0.6 is 0 Å². The average molecular weight is 267 g/mol. The molecule has 0 saturated heterocycles. The highest BCUT2D eigenvalue weighted by Gasteiger charge is 2.25. The molecule has 2 N–H and O–H groups in total. The number of carbonyl (C=O) groups excluding carboxylic acids is 1. The van der Waals surface area contributed by atoms with Crippen molar-refractivity contribution in [2.75, 3.05) is 0 Å². The van der Waals surface area contributed by atoms with Crippen molar-refractivity contribution in [1.82, 2.24) is 5.32 Å². The van der Waals surface area contributed by atoms with Crippen molar-refractivity contribution in [2.45, 2.75) is 45.4 Å². The number of alkyl carbamates (subject to hydrolysis) is 1. The third-order valence-electron chi connectivity index (χ3n) is 2.47. The number of hydrogen-bond acceptors (Lipinski definition) is 4. The smallest absolute Gasteiger partial charge is 0.408 e. The lowest BCUT2D eigenvalue weighted by atomic mass is 10.0. The molecule has 0 fully saturated rings. The minimum absolute atomic E-state index is 0.485. The van der Waals surface area contributed by atoms with Gasteiger partial charge in [-0.2, -0.15) is 0 Å². The molecule has 106 valence electrons. The Hall–Kier alpha value is -1.59. The minimum Gasteiger partial charge on any atom is -0.444 e. The van der Waals surface area contributed by atoms with E-state index >= 15 is 0 Å². The van der Waals surface area contributed by atoms with Gasteiger partial charge in [0.25, 0.3) is 0 Å². The van der Waals surface area contributed by atoms with E-state index in [0.717, 1.165) is 5.56 Å². The Kier molecular flexibility index (Phi) is 5.32. The number of hydrogen-bond donors (Lipinski definition) is 2. The molecule has 0 radical (unpaired) electrons. The van der Waals surface area contributed by atoms with Crippen molar-refractivity contribution in [2.24, 2.45) is 0 Å². The van der Waals surface area contributed by atoms with Gasteiger partial charge >= 0.3 is 6.09 Å². The maximum absolute atomic E-state index is 11.8. The highest BCUT2D eigenvalue weighted by Crippen LogP contribution is 2.19. The molecule has 0 aliphatic rings. The van der Waals surface area contributed by atoms with E-state index in [0.29, 0.717) is 0 Å². The van der Waals surface area contributed by atoms with E-state index in [2.05, 4.69) is 10.2 Å². The largest absolute Gasteiger partial charge is 0.444 e. The van der Waals surface area contributed by atoms with Crippen molar-refractivity contribution in [3.8, 4) is 0 Å².